The molecule has 0 amide bonds. The Morgan fingerprint density at radius 3 is 2.88 bits per heavy atom. The smallest absolute Gasteiger partial charge is 0.202 e. The second-order valence-electron chi connectivity index (χ2n) is 4.70. The van der Waals surface area contributed by atoms with Gasteiger partial charge in [-0.05, 0) is 39.3 Å². The Balaban J connectivity index is 1.96. The van der Waals surface area contributed by atoms with Crippen molar-refractivity contribution in [1.82, 2.24) is 14.7 Å². The zero-order valence-electron chi connectivity index (χ0n) is 10.0. The Labute approximate surface area is 101 Å². The van der Waals surface area contributed by atoms with Crippen LogP contribution < -0.4 is 10.6 Å². The van der Waals surface area contributed by atoms with Gasteiger partial charge in [0.2, 0.25) is 5.13 Å². The fourth-order valence-electron chi connectivity index (χ4n) is 1.99. The van der Waals surface area contributed by atoms with Crippen LogP contribution in [0.1, 0.15) is 38.9 Å². The molecule has 2 N–H and O–H groups in total. The molecule has 4 nitrogen and oxygen atoms in total. The second kappa shape index (κ2) is 5.10. The van der Waals surface area contributed by atoms with Gasteiger partial charge in [0.05, 0.1) is 0 Å². The topological polar surface area (TPSA) is 49.8 Å². The van der Waals surface area contributed by atoms with Crippen molar-refractivity contribution in [3.8, 4) is 0 Å². The van der Waals surface area contributed by atoms with Crippen molar-refractivity contribution in [2.45, 2.75) is 45.1 Å². The van der Waals surface area contributed by atoms with Crippen LogP contribution in [0, 0.1) is 0 Å². The molecular weight excluding hydrogens is 220 g/mol. The highest BCUT2D eigenvalue weighted by Gasteiger charge is 2.27. The van der Waals surface area contributed by atoms with Gasteiger partial charge in [0.1, 0.15) is 5.82 Å². The molecule has 1 aliphatic rings. The number of nitrogens with zero attached hydrogens (tertiary/aromatic N) is 2. The Bertz CT molecular complexity index is 330. The summed E-state index contributed by atoms with van der Waals surface area (Å²) in [6.45, 7) is 6.60. The van der Waals surface area contributed by atoms with E-state index in [1.165, 1.54) is 11.5 Å². The van der Waals surface area contributed by atoms with E-state index in [0.29, 0.717) is 0 Å². The first-order valence-electron chi connectivity index (χ1n) is 6.03. The minimum Gasteiger partial charge on any atom is -0.355 e. The highest BCUT2D eigenvalue weighted by Crippen LogP contribution is 2.24. The minimum absolute atomic E-state index is 0.189. The summed E-state index contributed by atoms with van der Waals surface area (Å²) in [6, 6.07) is 0. The van der Waals surface area contributed by atoms with Crippen LogP contribution >= 0.6 is 11.5 Å². The molecule has 1 aromatic rings. The van der Waals surface area contributed by atoms with Gasteiger partial charge in [0.25, 0.3) is 0 Å². The lowest BCUT2D eigenvalue weighted by atomic mass is 9.91. The maximum atomic E-state index is 4.52. The van der Waals surface area contributed by atoms with E-state index in [2.05, 4.69) is 33.8 Å². The van der Waals surface area contributed by atoms with Gasteiger partial charge in [0, 0.05) is 23.5 Å². The lowest BCUT2D eigenvalue weighted by molar-refractivity contribution is 0.365. The number of anilines is 1. The normalized spacial score (nSPS) is 19.6. The molecule has 0 saturated carbocycles. The predicted octanol–water partition coefficient (Wildman–Crippen LogP) is 2.04. The van der Waals surface area contributed by atoms with Gasteiger partial charge in [-0.2, -0.15) is 4.37 Å². The maximum absolute atomic E-state index is 4.52. The summed E-state index contributed by atoms with van der Waals surface area (Å²) in [6.07, 6.45) is 4.39. The van der Waals surface area contributed by atoms with Gasteiger partial charge < -0.3 is 10.6 Å². The van der Waals surface area contributed by atoms with E-state index in [4.69, 9.17) is 0 Å². The molecule has 1 aliphatic heterocycles. The number of aryl methyl sites for hydroxylation is 1. The largest absolute Gasteiger partial charge is 0.355 e. The highest BCUT2D eigenvalue weighted by molar-refractivity contribution is 7.09. The third-order valence-electron chi connectivity index (χ3n) is 3.06. The van der Waals surface area contributed by atoms with Crippen LogP contribution in [0.4, 0.5) is 5.13 Å². The quantitative estimate of drug-likeness (QED) is 0.845. The highest BCUT2D eigenvalue weighted by atomic mass is 32.1. The fraction of sp³-hybridized carbons (Fsp3) is 0.818. The first-order valence-corrected chi connectivity index (χ1v) is 6.81. The average molecular weight is 240 g/mol. The third-order valence-corrected chi connectivity index (χ3v) is 3.73. The van der Waals surface area contributed by atoms with Gasteiger partial charge in [-0.1, -0.05) is 6.92 Å². The minimum atomic E-state index is 0.189. The molecule has 90 valence electrons. The maximum Gasteiger partial charge on any atom is 0.202 e. The van der Waals surface area contributed by atoms with Gasteiger partial charge in [0.15, 0.2) is 0 Å². The molecule has 5 heteroatoms. The Morgan fingerprint density at radius 1 is 1.44 bits per heavy atom. The van der Waals surface area contributed by atoms with Crippen molar-refractivity contribution in [1.29, 1.82) is 0 Å². The molecule has 1 fully saturated rings. The number of piperidine rings is 1. The summed E-state index contributed by atoms with van der Waals surface area (Å²) in [5, 5.41) is 7.90. The van der Waals surface area contributed by atoms with Crippen LogP contribution in [0.3, 0.4) is 0 Å². The Hall–Kier alpha value is -0.680. The van der Waals surface area contributed by atoms with E-state index in [9.17, 15) is 0 Å². The third kappa shape index (κ3) is 2.92. The molecular formula is C11H20N4S. The summed E-state index contributed by atoms with van der Waals surface area (Å²) < 4.78 is 4.35. The molecule has 0 unspecified atom stereocenters. The van der Waals surface area contributed by atoms with E-state index in [1.807, 2.05) is 0 Å². The van der Waals surface area contributed by atoms with Crippen LogP contribution in [-0.4, -0.2) is 28.0 Å². The van der Waals surface area contributed by atoms with E-state index < -0.39 is 0 Å². The molecule has 0 radical (unpaired) electrons. The predicted molar refractivity (Wildman–Crippen MR) is 68.0 cm³/mol. The molecule has 2 heterocycles. The van der Waals surface area contributed by atoms with Crippen molar-refractivity contribution in [2.24, 2.45) is 0 Å². The van der Waals surface area contributed by atoms with Gasteiger partial charge in [-0.25, -0.2) is 4.98 Å². The monoisotopic (exact) mass is 240 g/mol. The second-order valence-corrected chi connectivity index (χ2v) is 5.45. The lowest BCUT2D eigenvalue weighted by Crippen LogP contribution is -2.45. The summed E-state index contributed by atoms with van der Waals surface area (Å²) in [5.74, 6) is 0.979. The fourth-order valence-corrected chi connectivity index (χ4v) is 2.75. The van der Waals surface area contributed by atoms with Crippen LogP contribution in [-0.2, 0) is 6.42 Å². The molecule has 0 atom stereocenters. The molecule has 0 bridgehead atoms. The van der Waals surface area contributed by atoms with Crippen molar-refractivity contribution in [3.63, 3.8) is 0 Å². The van der Waals surface area contributed by atoms with E-state index >= 15 is 0 Å². The number of rotatable bonds is 4. The first kappa shape index (κ1) is 11.8. The standard InChI is InChI=1S/C11H20N4S/c1-3-4-9-13-10(16-15-9)14-11(2)5-7-12-8-6-11/h12H,3-8H2,1-2H3,(H,13,14,15). The van der Waals surface area contributed by atoms with E-state index in [0.717, 1.165) is 49.7 Å². The van der Waals surface area contributed by atoms with Crippen molar-refractivity contribution in [2.75, 3.05) is 18.4 Å². The average Bonchev–Trinajstić information content (AvgIpc) is 2.66. The van der Waals surface area contributed by atoms with Crippen molar-refractivity contribution in [3.05, 3.63) is 5.82 Å². The molecule has 0 spiro atoms. The van der Waals surface area contributed by atoms with Gasteiger partial charge in [-0.15, -0.1) is 0 Å². The zero-order chi connectivity index (χ0) is 11.4. The molecule has 16 heavy (non-hydrogen) atoms. The Kier molecular flexibility index (Phi) is 3.76. The molecule has 1 aromatic heterocycles. The van der Waals surface area contributed by atoms with E-state index in [1.54, 1.807) is 0 Å². The van der Waals surface area contributed by atoms with Crippen molar-refractivity contribution >= 4 is 16.7 Å². The molecule has 0 aliphatic carbocycles. The summed E-state index contributed by atoms with van der Waals surface area (Å²) in [4.78, 5) is 4.52. The number of aromatic nitrogens is 2. The molecule has 2 rings (SSSR count). The van der Waals surface area contributed by atoms with Crippen LogP contribution in [0.5, 0.6) is 0 Å². The van der Waals surface area contributed by atoms with Crippen LogP contribution in [0.15, 0.2) is 0 Å². The Morgan fingerprint density at radius 2 is 2.19 bits per heavy atom. The number of hydrogen-bond acceptors (Lipinski definition) is 5. The molecule has 0 aromatic carbocycles. The first-order chi connectivity index (χ1) is 7.72. The SMILES string of the molecule is CCCc1nsc(NC2(C)CCNCC2)n1. The summed E-state index contributed by atoms with van der Waals surface area (Å²) in [5.41, 5.74) is 0.189. The van der Waals surface area contributed by atoms with Gasteiger partial charge in [-0.3, -0.25) is 0 Å². The van der Waals surface area contributed by atoms with Crippen molar-refractivity contribution < 1.29 is 0 Å². The zero-order valence-corrected chi connectivity index (χ0v) is 10.9. The lowest BCUT2D eigenvalue weighted by Gasteiger charge is -2.34. The van der Waals surface area contributed by atoms with E-state index in [-0.39, 0.29) is 5.54 Å². The molecule has 1 saturated heterocycles. The van der Waals surface area contributed by atoms with Crippen LogP contribution in [0.2, 0.25) is 0 Å². The summed E-state index contributed by atoms with van der Waals surface area (Å²) in [7, 11) is 0. The van der Waals surface area contributed by atoms with Crippen LogP contribution in [0.25, 0.3) is 0 Å². The summed E-state index contributed by atoms with van der Waals surface area (Å²) >= 11 is 1.49. The number of nitrogens with one attached hydrogen (secondary N) is 2. The number of hydrogen-bond donors (Lipinski definition) is 2. The van der Waals surface area contributed by atoms with Gasteiger partial charge >= 0.3 is 0 Å².